The Morgan fingerprint density at radius 2 is 1.75 bits per heavy atom. The van der Waals surface area contributed by atoms with E-state index in [0.29, 0.717) is 6.42 Å². The average Bonchev–Trinajstić information content (AvgIpc) is 3.25. The predicted octanol–water partition coefficient (Wildman–Crippen LogP) is 6.02. The first-order chi connectivity index (χ1) is 13.8. The van der Waals surface area contributed by atoms with Crippen LogP contribution in [0.1, 0.15) is 42.7 Å². The zero-order chi connectivity index (χ0) is 19.3. The Hall–Kier alpha value is -2.99. The fourth-order valence-electron chi connectivity index (χ4n) is 4.02. The van der Waals surface area contributed by atoms with Crippen LogP contribution in [0.2, 0.25) is 0 Å². The number of ether oxygens (including phenoxy) is 2. The Kier molecular flexibility index (Phi) is 5.48. The van der Waals surface area contributed by atoms with Gasteiger partial charge in [0.2, 0.25) is 0 Å². The maximum Gasteiger partial charge on any atom is 0.161 e. The van der Waals surface area contributed by atoms with Crippen molar-refractivity contribution in [1.29, 1.82) is 5.26 Å². The number of hydrogen-bond acceptors (Lipinski definition) is 3. The highest BCUT2D eigenvalue weighted by molar-refractivity contribution is 5.83. The van der Waals surface area contributed by atoms with E-state index in [1.807, 2.05) is 30.3 Å². The van der Waals surface area contributed by atoms with E-state index in [0.717, 1.165) is 35.5 Å². The molecule has 1 saturated carbocycles. The molecule has 1 fully saturated rings. The molecular weight excluding hydrogens is 346 g/mol. The van der Waals surface area contributed by atoms with Crippen molar-refractivity contribution in [2.75, 3.05) is 7.11 Å². The normalized spacial score (nSPS) is 15.3. The molecule has 0 amide bonds. The van der Waals surface area contributed by atoms with Crippen molar-refractivity contribution >= 4 is 10.8 Å². The van der Waals surface area contributed by atoms with Gasteiger partial charge in [-0.3, -0.25) is 0 Å². The predicted molar refractivity (Wildman–Crippen MR) is 112 cm³/mol. The lowest BCUT2D eigenvalue weighted by Crippen LogP contribution is -2.12. The van der Waals surface area contributed by atoms with E-state index in [9.17, 15) is 5.26 Å². The summed E-state index contributed by atoms with van der Waals surface area (Å²) in [6, 6.07) is 23.1. The van der Waals surface area contributed by atoms with E-state index < -0.39 is 0 Å². The van der Waals surface area contributed by atoms with E-state index in [2.05, 4.69) is 36.4 Å². The number of nitriles is 1. The van der Waals surface area contributed by atoms with Crippen molar-refractivity contribution in [3.8, 4) is 17.6 Å². The minimum Gasteiger partial charge on any atom is -0.493 e. The lowest BCUT2D eigenvalue weighted by molar-refractivity contribution is 0.200. The Bertz CT molecular complexity index is 999. The lowest BCUT2D eigenvalue weighted by atomic mass is 9.91. The van der Waals surface area contributed by atoms with Crippen LogP contribution in [0, 0.1) is 11.3 Å². The number of fused-ring (bicyclic) bond motifs is 1. The van der Waals surface area contributed by atoms with Crippen molar-refractivity contribution in [2.24, 2.45) is 0 Å². The van der Waals surface area contributed by atoms with Gasteiger partial charge < -0.3 is 9.47 Å². The molecule has 1 unspecified atom stereocenters. The molecule has 28 heavy (non-hydrogen) atoms. The number of rotatable bonds is 6. The first kappa shape index (κ1) is 18.4. The summed E-state index contributed by atoms with van der Waals surface area (Å²) in [5, 5.41) is 12.2. The van der Waals surface area contributed by atoms with Gasteiger partial charge in [0.25, 0.3) is 0 Å². The molecule has 4 rings (SSSR count). The third kappa shape index (κ3) is 3.97. The Balaban J connectivity index is 1.57. The standard InChI is InChI=1S/C25H25NO2/c1-27-24-13-10-18(15-25(24)28-23-8-4-5-9-23)14-22(17-26)21-12-11-19-6-2-3-7-20(19)16-21/h2-3,6-7,10-13,15-16,22-23H,4-5,8-9,14H2,1H3. The summed E-state index contributed by atoms with van der Waals surface area (Å²) in [6.45, 7) is 0. The van der Waals surface area contributed by atoms with Gasteiger partial charge in [-0.25, -0.2) is 0 Å². The molecule has 0 N–H and O–H groups in total. The minimum atomic E-state index is -0.197. The molecule has 1 atom stereocenters. The fraction of sp³-hybridized carbons (Fsp3) is 0.320. The van der Waals surface area contributed by atoms with Gasteiger partial charge in [0.1, 0.15) is 0 Å². The zero-order valence-electron chi connectivity index (χ0n) is 16.2. The molecule has 0 saturated heterocycles. The molecule has 0 bridgehead atoms. The highest BCUT2D eigenvalue weighted by Crippen LogP contribution is 2.34. The first-order valence-corrected chi connectivity index (χ1v) is 9.98. The summed E-state index contributed by atoms with van der Waals surface area (Å²) in [7, 11) is 1.67. The Labute approximate surface area is 166 Å². The summed E-state index contributed by atoms with van der Waals surface area (Å²) in [5.74, 6) is 1.36. The van der Waals surface area contributed by atoms with E-state index in [-0.39, 0.29) is 12.0 Å². The third-order valence-corrected chi connectivity index (χ3v) is 5.60. The Morgan fingerprint density at radius 3 is 2.50 bits per heavy atom. The van der Waals surface area contributed by atoms with Crippen LogP contribution in [0.25, 0.3) is 10.8 Å². The fourth-order valence-corrected chi connectivity index (χ4v) is 4.02. The molecule has 1 aliphatic carbocycles. The monoisotopic (exact) mass is 371 g/mol. The van der Waals surface area contributed by atoms with Crippen molar-refractivity contribution < 1.29 is 9.47 Å². The summed E-state index contributed by atoms with van der Waals surface area (Å²) in [5.41, 5.74) is 2.14. The first-order valence-electron chi connectivity index (χ1n) is 9.98. The van der Waals surface area contributed by atoms with Crippen LogP contribution in [0.4, 0.5) is 0 Å². The van der Waals surface area contributed by atoms with Gasteiger partial charge in [-0.05, 0) is 72.2 Å². The van der Waals surface area contributed by atoms with Gasteiger partial charge >= 0.3 is 0 Å². The molecule has 3 heteroatoms. The van der Waals surface area contributed by atoms with Gasteiger partial charge in [-0.2, -0.15) is 5.26 Å². The van der Waals surface area contributed by atoms with E-state index in [1.54, 1.807) is 7.11 Å². The van der Waals surface area contributed by atoms with Gasteiger partial charge in [0.15, 0.2) is 11.5 Å². The van der Waals surface area contributed by atoms with E-state index in [1.165, 1.54) is 23.6 Å². The van der Waals surface area contributed by atoms with Crippen LogP contribution in [-0.2, 0) is 6.42 Å². The molecule has 3 nitrogen and oxygen atoms in total. The lowest BCUT2D eigenvalue weighted by Gasteiger charge is -2.18. The molecule has 0 aliphatic heterocycles. The molecule has 1 aliphatic rings. The number of benzene rings is 3. The molecular formula is C25H25NO2. The minimum absolute atomic E-state index is 0.197. The van der Waals surface area contributed by atoms with Gasteiger partial charge in [0, 0.05) is 0 Å². The molecule has 0 spiro atoms. The summed E-state index contributed by atoms with van der Waals surface area (Å²) in [6.07, 6.45) is 5.59. The number of nitrogens with zero attached hydrogens (tertiary/aromatic N) is 1. The second-order valence-electron chi connectivity index (χ2n) is 7.50. The Morgan fingerprint density at radius 1 is 0.964 bits per heavy atom. The van der Waals surface area contributed by atoms with Crippen LogP contribution in [0.3, 0.4) is 0 Å². The molecule has 0 heterocycles. The highest BCUT2D eigenvalue weighted by Gasteiger charge is 2.19. The van der Waals surface area contributed by atoms with Gasteiger partial charge in [-0.1, -0.05) is 42.5 Å². The van der Waals surface area contributed by atoms with Crippen LogP contribution < -0.4 is 9.47 Å². The zero-order valence-corrected chi connectivity index (χ0v) is 16.2. The quantitative estimate of drug-likeness (QED) is 0.532. The van der Waals surface area contributed by atoms with Crippen molar-refractivity contribution in [3.63, 3.8) is 0 Å². The maximum absolute atomic E-state index is 9.81. The smallest absolute Gasteiger partial charge is 0.161 e. The molecule has 3 aromatic carbocycles. The summed E-state index contributed by atoms with van der Waals surface area (Å²) < 4.78 is 11.7. The van der Waals surface area contributed by atoms with Crippen LogP contribution in [-0.4, -0.2) is 13.2 Å². The molecule has 0 radical (unpaired) electrons. The molecule has 142 valence electrons. The van der Waals surface area contributed by atoms with Gasteiger partial charge in [-0.15, -0.1) is 0 Å². The largest absolute Gasteiger partial charge is 0.493 e. The maximum atomic E-state index is 9.81. The molecule has 0 aromatic heterocycles. The van der Waals surface area contributed by atoms with Gasteiger partial charge in [0.05, 0.1) is 25.2 Å². The number of hydrogen-bond donors (Lipinski definition) is 0. The molecule has 3 aromatic rings. The van der Waals surface area contributed by atoms with Crippen molar-refractivity contribution in [2.45, 2.75) is 44.1 Å². The summed E-state index contributed by atoms with van der Waals surface area (Å²) >= 11 is 0. The number of methoxy groups -OCH3 is 1. The van der Waals surface area contributed by atoms with Crippen molar-refractivity contribution in [1.82, 2.24) is 0 Å². The van der Waals surface area contributed by atoms with E-state index in [4.69, 9.17) is 9.47 Å². The van der Waals surface area contributed by atoms with Crippen molar-refractivity contribution in [3.05, 3.63) is 71.8 Å². The van der Waals surface area contributed by atoms with Crippen LogP contribution in [0.15, 0.2) is 60.7 Å². The van der Waals surface area contributed by atoms with Crippen LogP contribution in [0.5, 0.6) is 11.5 Å². The highest BCUT2D eigenvalue weighted by atomic mass is 16.5. The third-order valence-electron chi connectivity index (χ3n) is 5.60. The SMILES string of the molecule is COc1ccc(CC(C#N)c2ccc3ccccc3c2)cc1OC1CCCC1. The van der Waals surface area contributed by atoms with E-state index >= 15 is 0 Å². The van der Waals surface area contributed by atoms with Crippen LogP contribution >= 0.6 is 0 Å². The average molecular weight is 371 g/mol. The second-order valence-corrected chi connectivity index (χ2v) is 7.50. The summed E-state index contributed by atoms with van der Waals surface area (Å²) in [4.78, 5) is 0. The topological polar surface area (TPSA) is 42.2 Å². The second kappa shape index (κ2) is 8.35.